The van der Waals surface area contributed by atoms with Crippen molar-refractivity contribution in [2.24, 2.45) is 0 Å². The van der Waals surface area contributed by atoms with Crippen LogP contribution in [0.5, 0.6) is 5.75 Å². The van der Waals surface area contributed by atoms with Gasteiger partial charge in [-0.1, -0.05) is 18.2 Å². The van der Waals surface area contributed by atoms with Gasteiger partial charge in [0.15, 0.2) is 5.78 Å². The van der Waals surface area contributed by atoms with Crippen LogP contribution in [0.3, 0.4) is 0 Å². The predicted octanol–water partition coefficient (Wildman–Crippen LogP) is 3.81. The van der Waals surface area contributed by atoms with Crippen LogP contribution in [0.2, 0.25) is 0 Å². The number of ketones is 1. The van der Waals surface area contributed by atoms with Gasteiger partial charge in [0.05, 0.1) is 12.0 Å². The molecule has 0 heterocycles. The second-order valence-corrected chi connectivity index (χ2v) is 4.79. The molecule has 0 fully saturated rings. The lowest BCUT2D eigenvalue weighted by Crippen LogP contribution is -1.96. The maximum absolute atomic E-state index is 12.2. The van der Waals surface area contributed by atoms with Crippen molar-refractivity contribution >= 4 is 17.5 Å². The van der Waals surface area contributed by atoms with Crippen LogP contribution in [0.25, 0.3) is 6.08 Å². The van der Waals surface area contributed by atoms with Crippen LogP contribution < -0.4 is 4.74 Å². The number of rotatable bonds is 5. The molecule has 0 unspecified atom stereocenters. The van der Waals surface area contributed by atoms with E-state index in [1.807, 2.05) is 13.0 Å². The molecule has 0 N–H and O–H groups in total. The maximum atomic E-state index is 12.2. The lowest BCUT2D eigenvalue weighted by Gasteiger charge is -2.04. The summed E-state index contributed by atoms with van der Waals surface area (Å²) in [7, 11) is 1.54. The Balaban J connectivity index is 2.23. The fraction of sp³-hybridized carbons (Fsp3) is 0.118. The summed E-state index contributed by atoms with van der Waals surface area (Å²) < 4.78 is 5.14. The average Bonchev–Trinajstić information content (AvgIpc) is 2.52. The summed E-state index contributed by atoms with van der Waals surface area (Å²) in [4.78, 5) is 22.4. The Morgan fingerprint density at radius 3 is 2.68 bits per heavy atom. The Kier molecular flexibility index (Phi) is 4.68. The lowest BCUT2D eigenvalue weighted by molar-refractivity contribution is -0.384. The average molecular weight is 297 g/mol. The number of nitro benzene ring substituents is 1. The topological polar surface area (TPSA) is 69.4 Å². The third-order valence-corrected chi connectivity index (χ3v) is 3.08. The van der Waals surface area contributed by atoms with Crippen LogP contribution in [0.1, 0.15) is 21.5 Å². The number of allylic oxidation sites excluding steroid dienone is 1. The van der Waals surface area contributed by atoms with E-state index in [-0.39, 0.29) is 11.5 Å². The number of benzene rings is 2. The summed E-state index contributed by atoms with van der Waals surface area (Å²) >= 11 is 0. The number of methoxy groups -OCH3 is 1. The van der Waals surface area contributed by atoms with Crippen LogP contribution in [0, 0.1) is 17.0 Å². The first-order valence-corrected chi connectivity index (χ1v) is 6.62. The van der Waals surface area contributed by atoms with Crippen LogP contribution in [0.4, 0.5) is 5.69 Å². The van der Waals surface area contributed by atoms with E-state index in [0.29, 0.717) is 16.9 Å². The minimum atomic E-state index is -0.468. The van der Waals surface area contributed by atoms with Gasteiger partial charge >= 0.3 is 0 Å². The van der Waals surface area contributed by atoms with Gasteiger partial charge in [-0.3, -0.25) is 14.9 Å². The van der Waals surface area contributed by atoms with Gasteiger partial charge < -0.3 is 4.74 Å². The Morgan fingerprint density at radius 1 is 1.23 bits per heavy atom. The maximum Gasteiger partial charge on any atom is 0.270 e. The van der Waals surface area contributed by atoms with Gasteiger partial charge in [-0.15, -0.1) is 0 Å². The molecule has 0 amide bonds. The Labute approximate surface area is 128 Å². The fourth-order valence-electron chi connectivity index (χ4n) is 2.02. The fourth-order valence-corrected chi connectivity index (χ4v) is 2.02. The molecule has 22 heavy (non-hydrogen) atoms. The second kappa shape index (κ2) is 6.67. The van der Waals surface area contributed by atoms with Gasteiger partial charge in [-0.05, 0) is 42.3 Å². The summed E-state index contributed by atoms with van der Waals surface area (Å²) in [6, 6.07) is 11.4. The van der Waals surface area contributed by atoms with E-state index >= 15 is 0 Å². The molecular weight excluding hydrogens is 282 g/mol. The van der Waals surface area contributed by atoms with Crippen LogP contribution in [-0.2, 0) is 0 Å². The van der Waals surface area contributed by atoms with Crippen molar-refractivity contribution < 1.29 is 14.5 Å². The first-order valence-electron chi connectivity index (χ1n) is 6.62. The second-order valence-electron chi connectivity index (χ2n) is 4.79. The van der Waals surface area contributed by atoms with Gasteiger partial charge in [0, 0.05) is 17.7 Å². The smallest absolute Gasteiger partial charge is 0.270 e. The molecule has 2 aromatic rings. The molecule has 2 aromatic carbocycles. The van der Waals surface area contributed by atoms with E-state index < -0.39 is 4.92 Å². The van der Waals surface area contributed by atoms with Crippen molar-refractivity contribution in [1.82, 2.24) is 0 Å². The molecule has 5 heteroatoms. The highest BCUT2D eigenvalue weighted by molar-refractivity contribution is 6.07. The molecule has 0 saturated carbocycles. The van der Waals surface area contributed by atoms with E-state index in [9.17, 15) is 14.9 Å². The number of aryl methyl sites for hydroxylation is 1. The highest BCUT2D eigenvalue weighted by Gasteiger charge is 2.07. The van der Waals surface area contributed by atoms with E-state index in [4.69, 9.17) is 4.74 Å². The van der Waals surface area contributed by atoms with Gasteiger partial charge in [-0.25, -0.2) is 0 Å². The van der Waals surface area contributed by atoms with Crippen LogP contribution in [-0.4, -0.2) is 17.8 Å². The standard InChI is InChI=1S/C17H15NO4/c1-12-8-14(11-16(9-12)22-2)17(19)7-6-13-4-3-5-15(10-13)18(20)21/h3-11H,1-2H3/b7-6+. The largest absolute Gasteiger partial charge is 0.497 e. The Bertz CT molecular complexity index is 750. The van der Waals surface area contributed by atoms with Crippen molar-refractivity contribution in [3.05, 3.63) is 75.3 Å². The molecule has 2 rings (SSSR count). The summed E-state index contributed by atoms with van der Waals surface area (Å²) in [5.41, 5.74) is 2.03. The van der Waals surface area contributed by atoms with Crippen LogP contribution >= 0.6 is 0 Å². The van der Waals surface area contributed by atoms with Crippen molar-refractivity contribution in [3.8, 4) is 5.75 Å². The van der Waals surface area contributed by atoms with Crippen molar-refractivity contribution in [2.75, 3.05) is 7.11 Å². The van der Waals surface area contributed by atoms with Gasteiger partial charge in [0.2, 0.25) is 0 Å². The first kappa shape index (κ1) is 15.4. The number of non-ortho nitro benzene ring substituents is 1. The molecule has 0 aromatic heterocycles. The molecule has 0 aliphatic rings. The SMILES string of the molecule is COc1cc(C)cc(C(=O)/C=C/c2cccc([N+](=O)[O-])c2)c1. The minimum Gasteiger partial charge on any atom is -0.497 e. The normalized spacial score (nSPS) is 10.6. The first-order chi connectivity index (χ1) is 10.5. The van der Waals surface area contributed by atoms with E-state index in [1.165, 1.54) is 18.2 Å². The van der Waals surface area contributed by atoms with Crippen molar-refractivity contribution in [2.45, 2.75) is 6.92 Å². The molecule has 5 nitrogen and oxygen atoms in total. The monoisotopic (exact) mass is 297 g/mol. The lowest BCUT2D eigenvalue weighted by atomic mass is 10.1. The summed E-state index contributed by atoms with van der Waals surface area (Å²) in [5.74, 6) is 0.431. The molecule has 0 bridgehead atoms. The number of ether oxygens (including phenoxy) is 1. The summed E-state index contributed by atoms with van der Waals surface area (Å²) in [5, 5.41) is 10.7. The van der Waals surface area contributed by atoms with Crippen molar-refractivity contribution in [1.29, 1.82) is 0 Å². The molecule has 0 radical (unpaired) electrons. The zero-order chi connectivity index (χ0) is 16.1. The van der Waals surface area contributed by atoms with E-state index in [1.54, 1.807) is 37.5 Å². The summed E-state index contributed by atoms with van der Waals surface area (Å²) in [6.45, 7) is 1.88. The third kappa shape index (κ3) is 3.79. The molecule has 0 spiro atoms. The molecule has 112 valence electrons. The number of carbonyl (C=O) groups excluding carboxylic acids is 1. The quantitative estimate of drug-likeness (QED) is 0.364. The number of nitro groups is 1. The highest BCUT2D eigenvalue weighted by Crippen LogP contribution is 2.18. The zero-order valence-electron chi connectivity index (χ0n) is 12.3. The number of hydrogen-bond donors (Lipinski definition) is 0. The number of nitrogens with zero attached hydrogens (tertiary/aromatic N) is 1. The Morgan fingerprint density at radius 2 is 2.00 bits per heavy atom. The Hall–Kier alpha value is -2.95. The third-order valence-electron chi connectivity index (χ3n) is 3.08. The molecule has 0 aliphatic heterocycles. The van der Waals surface area contributed by atoms with E-state index in [0.717, 1.165) is 5.56 Å². The van der Waals surface area contributed by atoms with Gasteiger partial charge in [0.25, 0.3) is 5.69 Å². The zero-order valence-corrected chi connectivity index (χ0v) is 12.3. The number of carbonyl (C=O) groups is 1. The molecule has 0 atom stereocenters. The van der Waals surface area contributed by atoms with Crippen LogP contribution in [0.15, 0.2) is 48.5 Å². The highest BCUT2D eigenvalue weighted by atomic mass is 16.6. The predicted molar refractivity (Wildman–Crippen MR) is 84.2 cm³/mol. The minimum absolute atomic E-state index is 0.00757. The van der Waals surface area contributed by atoms with Gasteiger partial charge in [-0.2, -0.15) is 0 Å². The molecule has 0 saturated heterocycles. The molecule has 0 aliphatic carbocycles. The van der Waals surface area contributed by atoms with E-state index in [2.05, 4.69) is 0 Å². The molecular formula is C17H15NO4. The summed E-state index contributed by atoms with van der Waals surface area (Å²) in [6.07, 6.45) is 2.96. The number of hydrogen-bond acceptors (Lipinski definition) is 4. The van der Waals surface area contributed by atoms with Gasteiger partial charge in [0.1, 0.15) is 5.75 Å². The van der Waals surface area contributed by atoms with Crippen molar-refractivity contribution in [3.63, 3.8) is 0 Å².